The van der Waals surface area contributed by atoms with Crippen molar-refractivity contribution in [1.82, 2.24) is 15.1 Å². The van der Waals surface area contributed by atoms with E-state index in [0.717, 1.165) is 16.8 Å². The molecule has 1 aliphatic rings. The van der Waals surface area contributed by atoms with Crippen LogP contribution < -0.4 is 0 Å². The number of carbonyl (C=O) groups excluding carboxylic acids is 2. The number of halogens is 1. The molecule has 0 bridgehead atoms. The van der Waals surface area contributed by atoms with Crippen molar-refractivity contribution in [2.45, 2.75) is 40.2 Å². The van der Waals surface area contributed by atoms with Crippen LogP contribution >= 0.6 is 0 Å². The van der Waals surface area contributed by atoms with E-state index >= 15 is 0 Å². The highest BCUT2D eigenvalue weighted by Gasteiger charge is 2.45. The highest BCUT2D eigenvalue weighted by atomic mass is 19.1. The molecule has 0 aliphatic carbocycles. The summed E-state index contributed by atoms with van der Waals surface area (Å²) in [6.45, 7) is 7.06. The molecule has 2 unspecified atom stereocenters. The van der Waals surface area contributed by atoms with Gasteiger partial charge < -0.3 is 14.7 Å². The van der Waals surface area contributed by atoms with Gasteiger partial charge in [0.25, 0.3) is 5.91 Å². The number of esters is 1. The number of nitrogens with zero attached hydrogens (tertiary/aromatic N) is 2. The first-order valence-electron chi connectivity index (χ1n) is 10.0. The number of aromatic nitrogens is 2. The number of benzene rings is 1. The lowest BCUT2D eigenvalue weighted by molar-refractivity contribution is -0.145. The second kappa shape index (κ2) is 8.55. The van der Waals surface area contributed by atoms with Crippen molar-refractivity contribution >= 4 is 11.9 Å². The Hall–Kier alpha value is -2.74. The van der Waals surface area contributed by atoms with Gasteiger partial charge in [-0.1, -0.05) is 32.9 Å². The SMILES string of the molecule is CC(=O)OCC(C)(CO)CN1C(=O)c2n[nH]c(CC(C)C)c2C1c1ccc(F)cc1. The first-order valence-corrected chi connectivity index (χ1v) is 10.0. The maximum Gasteiger partial charge on any atom is 0.302 e. The molecule has 1 aliphatic heterocycles. The fourth-order valence-electron chi connectivity index (χ4n) is 3.80. The number of H-pyrrole nitrogens is 1. The molecule has 0 fully saturated rings. The van der Waals surface area contributed by atoms with Crippen LogP contribution in [0.5, 0.6) is 0 Å². The highest BCUT2D eigenvalue weighted by Crippen LogP contribution is 2.41. The number of carbonyl (C=O) groups is 2. The van der Waals surface area contributed by atoms with E-state index in [9.17, 15) is 19.1 Å². The Labute approximate surface area is 175 Å². The molecule has 30 heavy (non-hydrogen) atoms. The topological polar surface area (TPSA) is 95.5 Å². The van der Waals surface area contributed by atoms with Crippen molar-refractivity contribution in [3.05, 3.63) is 52.6 Å². The Morgan fingerprint density at radius 2 is 2.03 bits per heavy atom. The third-order valence-corrected chi connectivity index (χ3v) is 5.29. The van der Waals surface area contributed by atoms with E-state index in [4.69, 9.17) is 4.74 Å². The van der Waals surface area contributed by atoms with Gasteiger partial charge in [-0.3, -0.25) is 14.7 Å². The van der Waals surface area contributed by atoms with Crippen LogP contribution in [-0.2, 0) is 16.0 Å². The van der Waals surface area contributed by atoms with E-state index in [1.807, 2.05) is 0 Å². The molecule has 2 aromatic rings. The van der Waals surface area contributed by atoms with Crippen LogP contribution in [0.3, 0.4) is 0 Å². The molecule has 1 aromatic heterocycles. The zero-order valence-corrected chi connectivity index (χ0v) is 17.7. The molecule has 2 heterocycles. The summed E-state index contributed by atoms with van der Waals surface area (Å²) in [7, 11) is 0. The minimum Gasteiger partial charge on any atom is -0.465 e. The number of fused-ring (bicyclic) bond motifs is 1. The summed E-state index contributed by atoms with van der Waals surface area (Å²) in [4.78, 5) is 26.2. The number of aliphatic hydroxyl groups excluding tert-OH is 1. The van der Waals surface area contributed by atoms with Crippen molar-refractivity contribution in [1.29, 1.82) is 0 Å². The predicted molar refractivity (Wildman–Crippen MR) is 108 cm³/mol. The largest absolute Gasteiger partial charge is 0.465 e. The fraction of sp³-hybridized carbons (Fsp3) is 0.500. The lowest BCUT2D eigenvalue weighted by atomic mass is 9.90. The summed E-state index contributed by atoms with van der Waals surface area (Å²) in [5.74, 6) is -0.739. The van der Waals surface area contributed by atoms with Gasteiger partial charge in [0.2, 0.25) is 0 Å². The molecule has 2 N–H and O–H groups in total. The molecular weight excluding hydrogens is 389 g/mol. The average molecular weight is 417 g/mol. The minimum absolute atomic E-state index is 0.0264. The van der Waals surface area contributed by atoms with E-state index in [-0.39, 0.29) is 31.5 Å². The third-order valence-electron chi connectivity index (χ3n) is 5.29. The minimum atomic E-state index is -0.856. The first-order chi connectivity index (χ1) is 14.1. The first kappa shape index (κ1) is 22.0. The summed E-state index contributed by atoms with van der Waals surface area (Å²) < 4.78 is 18.7. The molecule has 1 amide bonds. The number of rotatable bonds is 8. The molecule has 0 saturated heterocycles. The molecule has 0 radical (unpaired) electrons. The lowest BCUT2D eigenvalue weighted by Gasteiger charge is -2.35. The van der Waals surface area contributed by atoms with Crippen LogP contribution in [0.1, 0.15) is 61.0 Å². The summed E-state index contributed by atoms with van der Waals surface area (Å²) in [5.41, 5.74) is 1.89. The Morgan fingerprint density at radius 3 is 2.60 bits per heavy atom. The van der Waals surface area contributed by atoms with Gasteiger partial charge in [-0.15, -0.1) is 0 Å². The second-order valence-electron chi connectivity index (χ2n) is 8.70. The van der Waals surface area contributed by atoms with Gasteiger partial charge in [-0.05, 0) is 30.0 Å². The molecular formula is C22H28FN3O4. The summed E-state index contributed by atoms with van der Waals surface area (Å²) in [5, 5.41) is 17.2. The molecule has 0 spiro atoms. The third kappa shape index (κ3) is 4.38. The maximum absolute atomic E-state index is 13.6. The number of hydrogen-bond donors (Lipinski definition) is 2. The summed E-state index contributed by atoms with van der Waals surface area (Å²) >= 11 is 0. The van der Waals surface area contributed by atoms with Gasteiger partial charge in [0, 0.05) is 30.1 Å². The predicted octanol–water partition coefficient (Wildman–Crippen LogP) is 2.85. The number of ether oxygens (including phenoxy) is 1. The van der Waals surface area contributed by atoms with Crippen LogP contribution in [0.4, 0.5) is 4.39 Å². The van der Waals surface area contributed by atoms with Crippen LogP contribution in [0, 0.1) is 17.2 Å². The number of amides is 1. The zero-order chi connectivity index (χ0) is 22.1. The van der Waals surface area contributed by atoms with Gasteiger partial charge in [-0.2, -0.15) is 5.10 Å². The normalized spacial score (nSPS) is 17.9. The Morgan fingerprint density at radius 1 is 1.37 bits per heavy atom. The van der Waals surface area contributed by atoms with Gasteiger partial charge in [0.1, 0.15) is 12.4 Å². The quantitative estimate of drug-likeness (QED) is 0.644. The monoisotopic (exact) mass is 417 g/mol. The van der Waals surface area contributed by atoms with E-state index in [0.29, 0.717) is 18.0 Å². The fourth-order valence-corrected chi connectivity index (χ4v) is 3.80. The lowest BCUT2D eigenvalue weighted by Crippen LogP contribution is -2.43. The van der Waals surface area contributed by atoms with Gasteiger partial charge in [0.05, 0.1) is 12.6 Å². The number of aliphatic hydroxyl groups is 1. The molecule has 0 saturated carbocycles. The van der Waals surface area contributed by atoms with E-state index in [2.05, 4.69) is 24.0 Å². The molecule has 2 atom stereocenters. The Bertz CT molecular complexity index is 925. The van der Waals surface area contributed by atoms with E-state index in [1.165, 1.54) is 19.1 Å². The zero-order valence-electron chi connectivity index (χ0n) is 17.7. The standard InChI is InChI=1S/C22H28FN3O4/c1-13(2)9-17-18-19(25-24-17)21(29)26(10-22(4,11-27)12-30-14(3)28)20(18)15-5-7-16(23)8-6-15/h5-8,13,20,27H,9-12H2,1-4H3,(H,24,25). The number of nitrogens with one attached hydrogen (secondary N) is 1. The summed E-state index contributed by atoms with van der Waals surface area (Å²) in [6.07, 6.45) is 0.714. The van der Waals surface area contributed by atoms with Crippen molar-refractivity contribution < 1.29 is 23.8 Å². The molecule has 1 aromatic carbocycles. The van der Waals surface area contributed by atoms with Gasteiger partial charge >= 0.3 is 5.97 Å². The van der Waals surface area contributed by atoms with Crippen molar-refractivity contribution in [2.24, 2.45) is 11.3 Å². The molecule has 7 nitrogen and oxygen atoms in total. The van der Waals surface area contributed by atoms with Gasteiger partial charge in [0.15, 0.2) is 5.69 Å². The second-order valence-corrected chi connectivity index (χ2v) is 8.70. The van der Waals surface area contributed by atoms with Crippen molar-refractivity contribution in [2.75, 3.05) is 19.8 Å². The van der Waals surface area contributed by atoms with E-state index in [1.54, 1.807) is 24.0 Å². The van der Waals surface area contributed by atoms with Crippen LogP contribution in [0.15, 0.2) is 24.3 Å². The maximum atomic E-state index is 13.6. The van der Waals surface area contributed by atoms with E-state index < -0.39 is 17.4 Å². The van der Waals surface area contributed by atoms with Crippen LogP contribution in [0.2, 0.25) is 0 Å². The summed E-state index contributed by atoms with van der Waals surface area (Å²) in [6, 6.07) is 5.57. The van der Waals surface area contributed by atoms with Crippen molar-refractivity contribution in [3.63, 3.8) is 0 Å². The Balaban J connectivity index is 2.02. The number of hydrogen-bond acceptors (Lipinski definition) is 5. The Kier molecular flexibility index (Phi) is 6.26. The van der Waals surface area contributed by atoms with Crippen molar-refractivity contribution in [3.8, 4) is 0 Å². The molecule has 8 heteroatoms. The van der Waals surface area contributed by atoms with Crippen LogP contribution in [0.25, 0.3) is 0 Å². The molecule has 3 rings (SSSR count). The smallest absolute Gasteiger partial charge is 0.302 e. The number of aromatic amines is 1. The van der Waals surface area contributed by atoms with Crippen LogP contribution in [-0.4, -0.2) is 51.8 Å². The average Bonchev–Trinajstić information content (AvgIpc) is 3.20. The van der Waals surface area contributed by atoms with Gasteiger partial charge in [-0.25, -0.2) is 4.39 Å². The highest BCUT2D eigenvalue weighted by molar-refractivity contribution is 5.98. The molecule has 162 valence electrons.